The molecule has 0 spiro atoms. The summed E-state index contributed by atoms with van der Waals surface area (Å²) in [6.45, 7) is 2.62. The van der Waals surface area contributed by atoms with E-state index >= 15 is 0 Å². The smallest absolute Gasteiger partial charge is 0.307 e. The van der Waals surface area contributed by atoms with E-state index in [0.29, 0.717) is 19.4 Å². The molecule has 1 heterocycles. The molecule has 0 bridgehead atoms. The molecule has 54 heavy (non-hydrogen) atoms. The van der Waals surface area contributed by atoms with Crippen LogP contribution in [0.25, 0.3) is 11.1 Å². The molecule has 0 unspecified atom stereocenters. The fourth-order valence-corrected chi connectivity index (χ4v) is 8.61. The second-order valence-electron chi connectivity index (χ2n) is 14.8. The van der Waals surface area contributed by atoms with E-state index in [4.69, 9.17) is 9.47 Å². The zero-order chi connectivity index (χ0) is 37.0. The van der Waals surface area contributed by atoms with Crippen molar-refractivity contribution in [3.05, 3.63) is 180 Å². The average molecular weight is 720 g/mol. The Labute approximate surface area is 321 Å². The predicted molar refractivity (Wildman–Crippen MR) is 217 cm³/mol. The summed E-state index contributed by atoms with van der Waals surface area (Å²) in [6.07, 6.45) is 10.9. The third kappa shape index (κ3) is 8.93. The fourth-order valence-electron chi connectivity index (χ4n) is 8.61. The molecule has 1 saturated carbocycles. The summed E-state index contributed by atoms with van der Waals surface area (Å²) in [4.78, 5) is 16.2. The Morgan fingerprint density at radius 1 is 0.667 bits per heavy atom. The highest BCUT2D eigenvalue weighted by Gasteiger charge is 2.46. The molecule has 1 saturated heterocycles. The van der Waals surface area contributed by atoms with Crippen molar-refractivity contribution >= 4 is 5.97 Å². The highest BCUT2D eigenvalue weighted by molar-refractivity contribution is 5.72. The number of carbonyl (C=O) groups excluding carboxylic acids is 1. The van der Waals surface area contributed by atoms with Crippen LogP contribution in [-0.2, 0) is 26.5 Å². The van der Waals surface area contributed by atoms with Gasteiger partial charge in [0.25, 0.3) is 0 Å². The molecule has 5 heteroatoms. The van der Waals surface area contributed by atoms with Gasteiger partial charge in [0.1, 0.15) is 0 Å². The minimum atomic E-state index is -1.06. The minimum Gasteiger partial charge on any atom is -0.444 e. The number of aliphatic hydroxyl groups is 1. The number of esters is 1. The lowest BCUT2D eigenvalue weighted by atomic mass is 9.80. The molecule has 2 aliphatic rings. The fraction of sp³-hybridized carbons (Fsp3) is 0.327. The Morgan fingerprint density at radius 3 is 1.76 bits per heavy atom. The van der Waals surface area contributed by atoms with Gasteiger partial charge in [0.2, 0.25) is 0 Å². The van der Waals surface area contributed by atoms with Crippen LogP contribution in [0.5, 0.6) is 0 Å². The zero-order valence-electron chi connectivity index (χ0n) is 31.2. The van der Waals surface area contributed by atoms with Crippen molar-refractivity contribution in [3.8, 4) is 11.1 Å². The summed E-state index contributed by atoms with van der Waals surface area (Å²) >= 11 is 0. The van der Waals surface area contributed by atoms with Crippen LogP contribution in [0.4, 0.5) is 0 Å². The van der Waals surface area contributed by atoms with Gasteiger partial charge in [0.15, 0.2) is 5.60 Å². The number of piperidine rings is 1. The van der Waals surface area contributed by atoms with Gasteiger partial charge in [-0.2, -0.15) is 0 Å². The highest BCUT2D eigenvalue weighted by Crippen LogP contribution is 2.41. The third-order valence-electron chi connectivity index (χ3n) is 11.3. The molecule has 1 aliphatic heterocycles. The van der Waals surface area contributed by atoms with E-state index in [1.54, 1.807) is 0 Å². The molecule has 5 nitrogen and oxygen atoms in total. The Kier molecular flexibility index (Phi) is 12.8. The lowest BCUT2D eigenvalue weighted by Gasteiger charge is -2.38. The van der Waals surface area contributed by atoms with E-state index in [1.165, 1.54) is 30.4 Å². The Balaban J connectivity index is 0.987. The molecule has 4 atom stereocenters. The number of benzene rings is 5. The maximum absolute atomic E-state index is 13.7. The van der Waals surface area contributed by atoms with Gasteiger partial charge >= 0.3 is 5.97 Å². The molecule has 0 radical (unpaired) electrons. The van der Waals surface area contributed by atoms with Gasteiger partial charge in [-0.05, 0) is 61.9 Å². The Bertz CT molecular complexity index is 1790. The summed E-state index contributed by atoms with van der Waals surface area (Å²) in [5.74, 6) is -0.00917. The second-order valence-corrected chi connectivity index (χ2v) is 14.8. The van der Waals surface area contributed by atoms with E-state index < -0.39 is 11.7 Å². The standard InChI is InChI=1S/C49H53NO4/c51-45-36-46(53-37-38-30-32-40(33-31-38)39-20-8-3-9-21-39)44(48(45)50-34-18-7-19-35-50)28-16-1-2-17-29-47(52)54-49(41-22-10-4-11-23-41,42-24-12-5-13-25-42)43-26-14-6-15-27-43/h1-6,8-15,20-27,30-33,44-46,48,51H,7,16-19,28-29,34-37H2/b2-1-/t44-,45+,46-,48+/m0/s1. The number of carbonyl (C=O) groups is 1. The summed E-state index contributed by atoms with van der Waals surface area (Å²) in [5.41, 5.74) is 5.22. The predicted octanol–water partition coefficient (Wildman–Crippen LogP) is 10.1. The van der Waals surface area contributed by atoms with Gasteiger partial charge in [-0.15, -0.1) is 0 Å². The summed E-state index contributed by atoms with van der Waals surface area (Å²) in [6, 6.07) is 49.3. The van der Waals surface area contributed by atoms with Crippen molar-refractivity contribution in [2.24, 2.45) is 5.92 Å². The Morgan fingerprint density at radius 2 is 1.19 bits per heavy atom. The number of nitrogens with zero attached hydrogens (tertiary/aromatic N) is 1. The summed E-state index contributed by atoms with van der Waals surface area (Å²) < 4.78 is 13.2. The van der Waals surface area contributed by atoms with Crippen molar-refractivity contribution in [1.29, 1.82) is 0 Å². The van der Waals surface area contributed by atoms with Crippen molar-refractivity contribution in [2.75, 3.05) is 13.1 Å². The SMILES string of the molecule is O=C(CC/C=C\CC[C@@H]1[C@@H](N2CCCCC2)[C@H](O)C[C@@H]1OCc1ccc(-c2ccccc2)cc1)OC(c1ccccc1)(c1ccccc1)c1ccccc1. The van der Waals surface area contributed by atoms with Crippen molar-refractivity contribution in [1.82, 2.24) is 4.90 Å². The van der Waals surface area contributed by atoms with Crippen LogP contribution >= 0.6 is 0 Å². The number of rotatable bonds is 15. The van der Waals surface area contributed by atoms with Gasteiger partial charge in [-0.25, -0.2) is 0 Å². The number of allylic oxidation sites excluding steroid dienone is 2. The molecular weight excluding hydrogens is 667 g/mol. The Hall–Kier alpha value is -4.81. The van der Waals surface area contributed by atoms with Crippen LogP contribution in [0, 0.1) is 5.92 Å². The molecule has 0 amide bonds. The number of hydrogen-bond acceptors (Lipinski definition) is 5. The normalized spacial score (nSPS) is 20.6. The average Bonchev–Trinajstić information content (AvgIpc) is 3.56. The first kappa shape index (κ1) is 37.5. The minimum absolute atomic E-state index is 0.00816. The monoisotopic (exact) mass is 719 g/mol. The lowest BCUT2D eigenvalue weighted by Crippen LogP contribution is -2.47. The molecule has 1 N–H and O–H groups in total. The van der Waals surface area contributed by atoms with Crippen LogP contribution in [0.2, 0.25) is 0 Å². The summed E-state index contributed by atoms with van der Waals surface area (Å²) in [5, 5.41) is 11.4. The molecule has 278 valence electrons. The van der Waals surface area contributed by atoms with Crippen LogP contribution in [-0.4, -0.2) is 47.3 Å². The maximum Gasteiger partial charge on any atom is 0.307 e. The largest absolute Gasteiger partial charge is 0.444 e. The van der Waals surface area contributed by atoms with Gasteiger partial charge in [-0.1, -0.05) is 164 Å². The lowest BCUT2D eigenvalue weighted by molar-refractivity contribution is -0.153. The quantitative estimate of drug-likeness (QED) is 0.0663. The molecule has 0 aromatic heterocycles. The van der Waals surface area contributed by atoms with Crippen LogP contribution < -0.4 is 0 Å². The maximum atomic E-state index is 13.7. The van der Waals surface area contributed by atoms with Gasteiger partial charge in [-0.3, -0.25) is 9.69 Å². The number of likely N-dealkylation sites (tertiary alicyclic amines) is 1. The highest BCUT2D eigenvalue weighted by atomic mass is 16.6. The van der Waals surface area contributed by atoms with Crippen molar-refractivity contribution in [2.45, 2.75) is 81.8 Å². The number of hydrogen-bond donors (Lipinski definition) is 1. The first-order valence-electron chi connectivity index (χ1n) is 19.8. The van der Waals surface area contributed by atoms with Crippen LogP contribution in [0.15, 0.2) is 158 Å². The van der Waals surface area contributed by atoms with Gasteiger partial charge in [0, 0.05) is 41.5 Å². The van der Waals surface area contributed by atoms with Crippen molar-refractivity contribution < 1.29 is 19.4 Å². The third-order valence-corrected chi connectivity index (χ3v) is 11.3. The van der Waals surface area contributed by atoms with E-state index in [-0.39, 0.29) is 30.5 Å². The summed E-state index contributed by atoms with van der Waals surface area (Å²) in [7, 11) is 0. The molecule has 1 aliphatic carbocycles. The zero-order valence-corrected chi connectivity index (χ0v) is 31.2. The van der Waals surface area contributed by atoms with Gasteiger partial charge in [0.05, 0.1) is 18.8 Å². The first-order valence-corrected chi connectivity index (χ1v) is 19.8. The molecule has 5 aromatic rings. The van der Waals surface area contributed by atoms with E-state index in [9.17, 15) is 9.90 Å². The molecular formula is C49H53NO4. The molecule has 7 rings (SSSR count). The van der Waals surface area contributed by atoms with Crippen LogP contribution in [0.3, 0.4) is 0 Å². The van der Waals surface area contributed by atoms with Crippen LogP contribution in [0.1, 0.15) is 73.6 Å². The first-order chi connectivity index (χ1) is 26.6. The van der Waals surface area contributed by atoms with Gasteiger partial charge < -0.3 is 14.6 Å². The van der Waals surface area contributed by atoms with E-state index in [1.807, 2.05) is 97.1 Å². The topological polar surface area (TPSA) is 59.0 Å². The number of aliphatic hydroxyl groups excluding tert-OH is 1. The molecule has 5 aromatic carbocycles. The van der Waals surface area contributed by atoms with E-state index in [2.05, 4.69) is 65.6 Å². The number of ether oxygens (including phenoxy) is 2. The second kappa shape index (κ2) is 18.5. The van der Waals surface area contributed by atoms with Crippen molar-refractivity contribution in [3.63, 3.8) is 0 Å². The molecule has 2 fully saturated rings. The van der Waals surface area contributed by atoms with E-state index in [0.717, 1.165) is 48.2 Å².